The maximum absolute atomic E-state index is 6.00. The number of halogens is 2. The summed E-state index contributed by atoms with van der Waals surface area (Å²) < 4.78 is 0. The molecule has 1 saturated heterocycles. The fourth-order valence-corrected chi connectivity index (χ4v) is 2.33. The highest BCUT2D eigenvalue weighted by atomic mass is 35.5. The summed E-state index contributed by atoms with van der Waals surface area (Å²) in [6, 6.07) is 6.67. The van der Waals surface area contributed by atoms with Gasteiger partial charge in [-0.05, 0) is 37.6 Å². The van der Waals surface area contributed by atoms with Crippen LogP contribution in [-0.4, -0.2) is 19.1 Å². The molecule has 2 N–H and O–H groups in total. The summed E-state index contributed by atoms with van der Waals surface area (Å²) in [6.07, 6.45) is 1.19. The third-order valence-electron chi connectivity index (χ3n) is 2.99. The quantitative estimate of drug-likeness (QED) is 0.871. The van der Waals surface area contributed by atoms with Crippen LogP contribution in [0.2, 0.25) is 10.0 Å². The van der Waals surface area contributed by atoms with Crippen LogP contribution >= 0.6 is 23.2 Å². The van der Waals surface area contributed by atoms with Crippen LogP contribution in [0.4, 0.5) is 0 Å². The zero-order valence-electron chi connectivity index (χ0n) is 9.26. The van der Waals surface area contributed by atoms with E-state index in [-0.39, 0.29) is 0 Å². The predicted octanol–water partition coefficient (Wildman–Crippen LogP) is 3.01. The minimum atomic E-state index is 0.305. The highest BCUT2D eigenvalue weighted by Gasteiger charge is 2.17. The molecule has 0 spiro atoms. The third-order valence-corrected chi connectivity index (χ3v) is 3.73. The molecule has 2 rings (SSSR count). The average molecular weight is 259 g/mol. The molecule has 0 radical (unpaired) electrons. The standard InChI is InChI=1S/C12H16Cl2N2/c1-8(16-10-4-5-15-7-10)9-2-3-11(13)12(14)6-9/h2-3,6,8,10,15-16H,4-5,7H2,1H3. The summed E-state index contributed by atoms with van der Waals surface area (Å²) in [6.45, 7) is 4.30. The maximum atomic E-state index is 6.00. The molecule has 1 aromatic rings. The van der Waals surface area contributed by atoms with Gasteiger partial charge in [-0.1, -0.05) is 29.3 Å². The lowest BCUT2D eigenvalue weighted by molar-refractivity contribution is 0.478. The fourth-order valence-electron chi connectivity index (χ4n) is 2.03. The first-order valence-electron chi connectivity index (χ1n) is 5.58. The zero-order chi connectivity index (χ0) is 11.5. The predicted molar refractivity (Wildman–Crippen MR) is 69.3 cm³/mol. The molecule has 0 amide bonds. The zero-order valence-corrected chi connectivity index (χ0v) is 10.8. The second-order valence-corrected chi connectivity index (χ2v) is 5.07. The van der Waals surface area contributed by atoms with Crippen LogP contribution in [0.25, 0.3) is 0 Å². The summed E-state index contributed by atoms with van der Waals surface area (Å²) in [5.74, 6) is 0. The van der Waals surface area contributed by atoms with Gasteiger partial charge in [0.1, 0.15) is 0 Å². The topological polar surface area (TPSA) is 24.1 Å². The lowest BCUT2D eigenvalue weighted by Crippen LogP contribution is -2.33. The second kappa shape index (κ2) is 5.37. The van der Waals surface area contributed by atoms with E-state index in [9.17, 15) is 0 Å². The molecule has 1 aromatic carbocycles. The molecular formula is C12H16Cl2N2. The van der Waals surface area contributed by atoms with E-state index in [0.29, 0.717) is 22.1 Å². The molecule has 1 aliphatic rings. The van der Waals surface area contributed by atoms with Gasteiger partial charge in [0.15, 0.2) is 0 Å². The first-order valence-corrected chi connectivity index (χ1v) is 6.34. The van der Waals surface area contributed by atoms with Crippen molar-refractivity contribution in [1.82, 2.24) is 10.6 Å². The van der Waals surface area contributed by atoms with E-state index in [0.717, 1.165) is 13.1 Å². The molecule has 2 atom stereocenters. The number of nitrogens with one attached hydrogen (secondary N) is 2. The van der Waals surface area contributed by atoms with E-state index in [1.165, 1.54) is 12.0 Å². The number of hydrogen-bond donors (Lipinski definition) is 2. The Bertz CT molecular complexity index is 362. The number of hydrogen-bond acceptors (Lipinski definition) is 2. The summed E-state index contributed by atoms with van der Waals surface area (Å²) >= 11 is 11.9. The normalized spacial score (nSPS) is 22.3. The van der Waals surface area contributed by atoms with Crippen molar-refractivity contribution in [2.45, 2.75) is 25.4 Å². The molecule has 0 bridgehead atoms. The van der Waals surface area contributed by atoms with Gasteiger partial charge in [-0.2, -0.15) is 0 Å². The van der Waals surface area contributed by atoms with Crippen molar-refractivity contribution in [2.75, 3.05) is 13.1 Å². The van der Waals surface area contributed by atoms with E-state index >= 15 is 0 Å². The second-order valence-electron chi connectivity index (χ2n) is 4.25. The van der Waals surface area contributed by atoms with E-state index in [2.05, 4.69) is 17.6 Å². The fraction of sp³-hybridized carbons (Fsp3) is 0.500. The van der Waals surface area contributed by atoms with Gasteiger partial charge in [-0.15, -0.1) is 0 Å². The number of rotatable bonds is 3. The molecule has 1 heterocycles. The van der Waals surface area contributed by atoms with Gasteiger partial charge in [0.25, 0.3) is 0 Å². The number of benzene rings is 1. The minimum Gasteiger partial charge on any atom is -0.315 e. The van der Waals surface area contributed by atoms with Crippen LogP contribution in [0.1, 0.15) is 24.9 Å². The molecule has 1 fully saturated rings. The van der Waals surface area contributed by atoms with Crippen molar-refractivity contribution in [2.24, 2.45) is 0 Å². The molecule has 2 nitrogen and oxygen atoms in total. The molecule has 88 valence electrons. The van der Waals surface area contributed by atoms with Crippen LogP contribution in [0.5, 0.6) is 0 Å². The Morgan fingerprint density at radius 2 is 2.19 bits per heavy atom. The largest absolute Gasteiger partial charge is 0.315 e. The van der Waals surface area contributed by atoms with Crippen LogP contribution < -0.4 is 10.6 Å². The molecule has 4 heteroatoms. The molecule has 2 unspecified atom stereocenters. The van der Waals surface area contributed by atoms with Crippen molar-refractivity contribution in [3.8, 4) is 0 Å². The Hall–Kier alpha value is -0.280. The monoisotopic (exact) mass is 258 g/mol. The van der Waals surface area contributed by atoms with E-state index in [1.807, 2.05) is 18.2 Å². The Morgan fingerprint density at radius 3 is 2.81 bits per heavy atom. The highest BCUT2D eigenvalue weighted by molar-refractivity contribution is 6.42. The van der Waals surface area contributed by atoms with Gasteiger partial charge in [0, 0.05) is 18.6 Å². The molecule has 1 aliphatic heterocycles. The van der Waals surface area contributed by atoms with Crippen LogP contribution in [0.15, 0.2) is 18.2 Å². The molecular weight excluding hydrogens is 243 g/mol. The minimum absolute atomic E-state index is 0.305. The lowest BCUT2D eigenvalue weighted by Gasteiger charge is -2.19. The Morgan fingerprint density at radius 1 is 1.38 bits per heavy atom. The van der Waals surface area contributed by atoms with Gasteiger partial charge in [0.05, 0.1) is 10.0 Å². The maximum Gasteiger partial charge on any atom is 0.0595 e. The van der Waals surface area contributed by atoms with Crippen molar-refractivity contribution in [1.29, 1.82) is 0 Å². The molecule has 0 aliphatic carbocycles. The molecule has 0 saturated carbocycles. The molecule has 0 aromatic heterocycles. The van der Waals surface area contributed by atoms with Gasteiger partial charge < -0.3 is 10.6 Å². The highest BCUT2D eigenvalue weighted by Crippen LogP contribution is 2.25. The summed E-state index contributed by atoms with van der Waals surface area (Å²) in [5, 5.41) is 8.15. The van der Waals surface area contributed by atoms with E-state index in [1.54, 1.807) is 0 Å². The smallest absolute Gasteiger partial charge is 0.0595 e. The first-order chi connectivity index (χ1) is 7.66. The van der Waals surface area contributed by atoms with Crippen LogP contribution in [0, 0.1) is 0 Å². The Labute approximate surface area is 106 Å². The van der Waals surface area contributed by atoms with Crippen LogP contribution in [0.3, 0.4) is 0 Å². The Balaban J connectivity index is 2.02. The SMILES string of the molecule is CC(NC1CCNC1)c1ccc(Cl)c(Cl)c1. The first kappa shape index (κ1) is 12.2. The van der Waals surface area contributed by atoms with Crippen LogP contribution in [-0.2, 0) is 0 Å². The van der Waals surface area contributed by atoms with Gasteiger partial charge in [0.2, 0.25) is 0 Å². The third kappa shape index (κ3) is 2.89. The van der Waals surface area contributed by atoms with Crippen molar-refractivity contribution in [3.05, 3.63) is 33.8 Å². The summed E-state index contributed by atoms with van der Waals surface area (Å²) in [4.78, 5) is 0. The van der Waals surface area contributed by atoms with Gasteiger partial charge >= 0.3 is 0 Å². The Kier molecular flexibility index (Phi) is 4.09. The van der Waals surface area contributed by atoms with E-state index < -0.39 is 0 Å². The van der Waals surface area contributed by atoms with Crippen molar-refractivity contribution in [3.63, 3.8) is 0 Å². The van der Waals surface area contributed by atoms with Gasteiger partial charge in [-0.25, -0.2) is 0 Å². The van der Waals surface area contributed by atoms with Crippen molar-refractivity contribution >= 4 is 23.2 Å². The average Bonchev–Trinajstić information content (AvgIpc) is 2.74. The van der Waals surface area contributed by atoms with Gasteiger partial charge in [-0.3, -0.25) is 0 Å². The summed E-state index contributed by atoms with van der Waals surface area (Å²) in [7, 11) is 0. The summed E-state index contributed by atoms with van der Waals surface area (Å²) in [5.41, 5.74) is 1.18. The van der Waals surface area contributed by atoms with E-state index in [4.69, 9.17) is 23.2 Å². The van der Waals surface area contributed by atoms with Crippen molar-refractivity contribution < 1.29 is 0 Å². The lowest BCUT2D eigenvalue weighted by atomic mass is 10.1. The molecule has 16 heavy (non-hydrogen) atoms.